The second-order valence-electron chi connectivity index (χ2n) is 5.44. The molecule has 0 N–H and O–H groups in total. The molecule has 7 heteroatoms. The lowest BCUT2D eigenvalue weighted by Crippen LogP contribution is -2.31. The summed E-state index contributed by atoms with van der Waals surface area (Å²) in [5.41, 5.74) is 3.37. The van der Waals surface area contributed by atoms with Gasteiger partial charge in [-0.3, -0.25) is 0 Å². The molecule has 1 fully saturated rings. The van der Waals surface area contributed by atoms with Crippen LogP contribution < -0.4 is 0 Å². The lowest BCUT2D eigenvalue weighted by molar-refractivity contribution is -0.140. The van der Waals surface area contributed by atoms with Crippen LogP contribution in [-0.4, -0.2) is 33.9 Å². The molecule has 0 amide bonds. The number of rotatable bonds is 4. The van der Waals surface area contributed by atoms with Crippen molar-refractivity contribution in [2.24, 2.45) is 5.16 Å². The summed E-state index contributed by atoms with van der Waals surface area (Å²) in [6.07, 6.45) is 1.47. The number of ether oxygens (including phenoxy) is 1. The van der Waals surface area contributed by atoms with Crippen LogP contribution in [0, 0.1) is 0 Å². The van der Waals surface area contributed by atoms with Gasteiger partial charge in [0.05, 0.1) is 41.7 Å². The molecule has 22 heavy (non-hydrogen) atoms. The summed E-state index contributed by atoms with van der Waals surface area (Å²) < 4.78 is 7.61. The van der Waals surface area contributed by atoms with Crippen LogP contribution >= 0.6 is 11.6 Å². The van der Waals surface area contributed by atoms with E-state index in [1.807, 2.05) is 18.2 Å². The lowest BCUT2D eigenvalue weighted by Gasteiger charge is -2.27. The van der Waals surface area contributed by atoms with Crippen molar-refractivity contribution in [3.63, 3.8) is 0 Å². The Hall–Kier alpha value is -1.92. The van der Waals surface area contributed by atoms with Crippen molar-refractivity contribution >= 4 is 34.3 Å². The molecule has 1 aromatic carbocycles. The molecular weight excluding hydrogens is 306 g/mol. The average molecular weight is 320 g/mol. The Bertz CT molecular complexity index is 780. The molecule has 114 valence electrons. The lowest BCUT2D eigenvalue weighted by atomic mass is 10.1. The number of fused-ring (bicyclic) bond motifs is 1. The number of alkyl halides is 1. The predicted molar refractivity (Wildman–Crippen MR) is 80.9 cm³/mol. The summed E-state index contributed by atoms with van der Waals surface area (Å²) in [5.74, 6) is 0.845. The van der Waals surface area contributed by atoms with Crippen LogP contribution in [0.3, 0.4) is 0 Å². The highest BCUT2D eigenvalue weighted by Gasteiger charge is 2.23. The van der Waals surface area contributed by atoms with E-state index < -0.39 is 0 Å². The van der Waals surface area contributed by atoms with E-state index in [4.69, 9.17) is 16.3 Å². The summed E-state index contributed by atoms with van der Waals surface area (Å²) in [6, 6.07) is 5.81. The number of benzene rings is 1. The van der Waals surface area contributed by atoms with E-state index in [0.717, 1.165) is 42.0 Å². The normalized spacial score (nSPS) is 20.9. The van der Waals surface area contributed by atoms with Crippen molar-refractivity contribution < 1.29 is 14.4 Å². The fourth-order valence-electron chi connectivity index (χ4n) is 2.75. The third-order valence-electron chi connectivity index (χ3n) is 4.03. The van der Waals surface area contributed by atoms with Gasteiger partial charge in [-0.25, -0.2) is 9.78 Å². The molecule has 2 aliphatic rings. The maximum atomic E-state index is 11.2. The number of oxime groups is 1. The minimum atomic E-state index is -0.326. The van der Waals surface area contributed by atoms with Crippen molar-refractivity contribution in [2.45, 2.75) is 31.4 Å². The van der Waals surface area contributed by atoms with Crippen LogP contribution in [0.2, 0.25) is 0 Å². The molecule has 1 atom stereocenters. The zero-order valence-electron chi connectivity index (χ0n) is 11.8. The van der Waals surface area contributed by atoms with Gasteiger partial charge in [-0.2, -0.15) is 0 Å². The minimum absolute atomic E-state index is 0.202. The molecule has 0 aliphatic carbocycles. The molecule has 0 radical (unpaired) electrons. The minimum Gasteiger partial charge on any atom is -0.376 e. The molecule has 1 aromatic heterocycles. The van der Waals surface area contributed by atoms with Crippen molar-refractivity contribution in [3.05, 3.63) is 29.6 Å². The predicted octanol–water partition coefficient (Wildman–Crippen LogP) is 2.21. The Morgan fingerprint density at radius 1 is 1.41 bits per heavy atom. The maximum absolute atomic E-state index is 11.2. The Labute approximate surface area is 131 Å². The summed E-state index contributed by atoms with van der Waals surface area (Å²) in [6.45, 7) is 1.55. The van der Waals surface area contributed by atoms with E-state index in [2.05, 4.69) is 19.5 Å². The Kier molecular flexibility index (Phi) is 3.35. The van der Waals surface area contributed by atoms with Gasteiger partial charge in [0.25, 0.3) is 0 Å². The maximum Gasteiger partial charge on any atom is 0.341 e. The number of hydrogen-bond donors (Lipinski definition) is 0. The highest BCUT2D eigenvalue weighted by molar-refractivity contribution is 6.17. The molecule has 0 bridgehead atoms. The van der Waals surface area contributed by atoms with E-state index in [9.17, 15) is 4.79 Å². The number of carbonyl (C=O) groups is 1. The van der Waals surface area contributed by atoms with Crippen LogP contribution in [0.15, 0.2) is 23.4 Å². The third-order valence-corrected chi connectivity index (χ3v) is 4.27. The molecule has 2 aromatic rings. The van der Waals surface area contributed by atoms with Gasteiger partial charge in [0.15, 0.2) is 0 Å². The molecular formula is C15H14ClN3O3. The van der Waals surface area contributed by atoms with Crippen LogP contribution in [0.25, 0.3) is 11.0 Å². The number of aromatic nitrogens is 2. The van der Waals surface area contributed by atoms with Gasteiger partial charge in [-0.15, -0.1) is 11.6 Å². The monoisotopic (exact) mass is 319 g/mol. The number of hydrogen-bond acceptors (Lipinski definition) is 5. The van der Waals surface area contributed by atoms with Crippen LogP contribution in [0.1, 0.15) is 24.2 Å². The summed E-state index contributed by atoms with van der Waals surface area (Å²) in [4.78, 5) is 20.4. The van der Waals surface area contributed by atoms with Gasteiger partial charge < -0.3 is 14.1 Å². The standard InChI is InChI=1S/C15H14ClN3O3/c16-7-14-17-11-2-1-9(12-6-15(20)22-18-12)5-13(11)19(14)8-10-3-4-21-10/h1-2,5,10H,3-4,6-8H2/t10-/m0/s1. The number of carbonyl (C=O) groups excluding carboxylic acids is 1. The Morgan fingerprint density at radius 2 is 2.27 bits per heavy atom. The van der Waals surface area contributed by atoms with Gasteiger partial charge in [0, 0.05) is 12.2 Å². The zero-order valence-corrected chi connectivity index (χ0v) is 12.5. The molecule has 0 saturated carbocycles. The van der Waals surface area contributed by atoms with Crippen molar-refractivity contribution in [1.29, 1.82) is 0 Å². The van der Waals surface area contributed by atoms with E-state index in [1.165, 1.54) is 0 Å². The van der Waals surface area contributed by atoms with Crippen LogP contribution in [0.5, 0.6) is 0 Å². The first-order valence-electron chi connectivity index (χ1n) is 7.18. The first-order valence-corrected chi connectivity index (χ1v) is 7.72. The summed E-state index contributed by atoms with van der Waals surface area (Å²) in [5, 5.41) is 3.83. The first kappa shape index (κ1) is 13.7. The summed E-state index contributed by atoms with van der Waals surface area (Å²) in [7, 11) is 0. The number of nitrogens with zero attached hydrogens (tertiary/aromatic N) is 3. The second kappa shape index (κ2) is 5.37. The molecule has 3 heterocycles. The molecule has 4 rings (SSSR count). The van der Waals surface area contributed by atoms with Crippen molar-refractivity contribution in [1.82, 2.24) is 9.55 Å². The van der Waals surface area contributed by atoms with Crippen LogP contribution in [-0.2, 0) is 26.8 Å². The molecule has 2 aliphatic heterocycles. The van der Waals surface area contributed by atoms with Gasteiger partial charge in [0.1, 0.15) is 5.82 Å². The first-order chi connectivity index (χ1) is 10.7. The highest BCUT2D eigenvalue weighted by Crippen LogP contribution is 2.24. The number of halogens is 1. The van der Waals surface area contributed by atoms with Gasteiger partial charge in [-0.1, -0.05) is 11.2 Å². The molecule has 6 nitrogen and oxygen atoms in total. The largest absolute Gasteiger partial charge is 0.376 e. The zero-order chi connectivity index (χ0) is 15.1. The fraction of sp³-hybridized carbons (Fsp3) is 0.400. The van der Waals surface area contributed by atoms with Crippen LogP contribution in [0.4, 0.5) is 0 Å². The van der Waals surface area contributed by atoms with E-state index in [1.54, 1.807) is 0 Å². The third kappa shape index (κ3) is 2.28. The Morgan fingerprint density at radius 3 is 2.91 bits per heavy atom. The quantitative estimate of drug-likeness (QED) is 0.640. The summed E-state index contributed by atoms with van der Waals surface area (Å²) >= 11 is 6.02. The molecule has 1 saturated heterocycles. The van der Waals surface area contributed by atoms with Gasteiger partial charge in [0.2, 0.25) is 0 Å². The van der Waals surface area contributed by atoms with Gasteiger partial charge in [-0.05, 0) is 18.6 Å². The molecule has 0 unspecified atom stereocenters. The molecule has 0 spiro atoms. The van der Waals surface area contributed by atoms with E-state index in [0.29, 0.717) is 11.6 Å². The second-order valence-corrected chi connectivity index (χ2v) is 5.70. The van der Waals surface area contributed by atoms with Gasteiger partial charge >= 0.3 is 5.97 Å². The van der Waals surface area contributed by atoms with E-state index in [-0.39, 0.29) is 18.5 Å². The van der Waals surface area contributed by atoms with E-state index >= 15 is 0 Å². The average Bonchev–Trinajstić information content (AvgIpc) is 3.05. The van der Waals surface area contributed by atoms with Crippen molar-refractivity contribution in [3.8, 4) is 0 Å². The highest BCUT2D eigenvalue weighted by atomic mass is 35.5. The Balaban J connectivity index is 1.76. The smallest absolute Gasteiger partial charge is 0.341 e. The fourth-order valence-corrected chi connectivity index (χ4v) is 2.96. The SMILES string of the molecule is O=C1CC(c2ccc3nc(CCl)n(C[C@@H]4CCO4)c3c2)=NO1. The number of imidazole rings is 1. The topological polar surface area (TPSA) is 65.7 Å². The van der Waals surface area contributed by atoms with Crippen molar-refractivity contribution in [2.75, 3.05) is 6.61 Å².